The first-order chi connectivity index (χ1) is 11.5. The largest absolute Gasteiger partial charge is 0.484 e. The summed E-state index contributed by atoms with van der Waals surface area (Å²) in [5.41, 5.74) is 4.94. The molecule has 0 saturated carbocycles. The Morgan fingerprint density at radius 3 is 2.79 bits per heavy atom. The van der Waals surface area contributed by atoms with Gasteiger partial charge in [0.05, 0.1) is 6.04 Å². The van der Waals surface area contributed by atoms with E-state index < -0.39 is 0 Å². The molecule has 0 saturated heterocycles. The van der Waals surface area contributed by atoms with Crippen molar-refractivity contribution in [3.63, 3.8) is 0 Å². The van der Waals surface area contributed by atoms with Crippen molar-refractivity contribution >= 4 is 17.5 Å². The van der Waals surface area contributed by atoms with Gasteiger partial charge < -0.3 is 10.1 Å². The highest BCUT2D eigenvalue weighted by molar-refractivity contribution is 6.31. The van der Waals surface area contributed by atoms with Crippen molar-refractivity contribution in [2.45, 2.75) is 39.2 Å². The van der Waals surface area contributed by atoms with Crippen LogP contribution in [-0.4, -0.2) is 12.5 Å². The summed E-state index contributed by atoms with van der Waals surface area (Å²) < 4.78 is 5.54. The molecule has 1 amide bonds. The van der Waals surface area contributed by atoms with Crippen LogP contribution in [0, 0.1) is 6.92 Å². The van der Waals surface area contributed by atoms with Crippen LogP contribution < -0.4 is 10.1 Å². The number of carbonyl (C=O) groups is 1. The zero-order valence-electron chi connectivity index (χ0n) is 14.1. The van der Waals surface area contributed by atoms with Crippen LogP contribution in [0.2, 0.25) is 5.02 Å². The van der Waals surface area contributed by atoms with E-state index in [9.17, 15) is 4.79 Å². The van der Waals surface area contributed by atoms with Crippen LogP contribution >= 0.6 is 11.6 Å². The van der Waals surface area contributed by atoms with Crippen LogP contribution in [0.1, 0.15) is 41.6 Å². The van der Waals surface area contributed by atoms with Crippen molar-refractivity contribution in [1.82, 2.24) is 5.32 Å². The van der Waals surface area contributed by atoms with Crippen LogP contribution in [0.15, 0.2) is 36.4 Å². The van der Waals surface area contributed by atoms with E-state index in [0.29, 0.717) is 10.8 Å². The van der Waals surface area contributed by atoms with Gasteiger partial charge in [-0.1, -0.05) is 29.8 Å². The van der Waals surface area contributed by atoms with Crippen molar-refractivity contribution in [3.8, 4) is 5.75 Å². The van der Waals surface area contributed by atoms with E-state index in [-0.39, 0.29) is 18.6 Å². The molecule has 0 aromatic heterocycles. The van der Waals surface area contributed by atoms with Crippen LogP contribution in [0.25, 0.3) is 0 Å². The summed E-state index contributed by atoms with van der Waals surface area (Å²) in [5.74, 6) is 0.521. The monoisotopic (exact) mass is 343 g/mol. The average Bonchev–Trinajstić information content (AvgIpc) is 3.03. The number of benzene rings is 2. The second kappa shape index (κ2) is 7.27. The molecule has 1 atom stereocenters. The number of amides is 1. The van der Waals surface area contributed by atoms with Gasteiger partial charge in [-0.15, -0.1) is 0 Å². The van der Waals surface area contributed by atoms with Gasteiger partial charge in [-0.25, -0.2) is 0 Å². The Labute approximate surface area is 148 Å². The van der Waals surface area contributed by atoms with Crippen LogP contribution in [0.4, 0.5) is 0 Å². The maximum absolute atomic E-state index is 12.1. The van der Waals surface area contributed by atoms with Gasteiger partial charge in [0.2, 0.25) is 0 Å². The first kappa shape index (κ1) is 16.8. The molecule has 0 aliphatic heterocycles. The molecule has 0 spiro atoms. The Morgan fingerprint density at radius 2 is 2.00 bits per heavy atom. The Balaban J connectivity index is 1.55. The fourth-order valence-electron chi connectivity index (χ4n) is 3.08. The molecular weight excluding hydrogens is 322 g/mol. The molecule has 4 heteroatoms. The number of hydrogen-bond donors (Lipinski definition) is 1. The molecule has 1 aliphatic carbocycles. The molecular formula is C20H22ClNO2. The van der Waals surface area contributed by atoms with Gasteiger partial charge in [0.1, 0.15) is 5.75 Å². The number of nitrogens with one attached hydrogen (secondary N) is 1. The topological polar surface area (TPSA) is 38.3 Å². The lowest BCUT2D eigenvalue weighted by atomic mass is 10.0. The Morgan fingerprint density at radius 1 is 1.21 bits per heavy atom. The van der Waals surface area contributed by atoms with Gasteiger partial charge in [0, 0.05) is 5.02 Å². The lowest BCUT2D eigenvalue weighted by molar-refractivity contribution is -0.123. The molecule has 0 radical (unpaired) electrons. The SMILES string of the molecule is Cc1cc(OCC(=O)N[C@@H](C)c2ccc3c(c2)CCC3)ccc1Cl. The predicted octanol–water partition coefficient (Wildman–Crippen LogP) is 4.39. The maximum atomic E-state index is 12.1. The molecule has 126 valence electrons. The smallest absolute Gasteiger partial charge is 0.258 e. The summed E-state index contributed by atoms with van der Waals surface area (Å²) in [6.07, 6.45) is 3.54. The molecule has 1 aliphatic rings. The number of hydrogen-bond acceptors (Lipinski definition) is 2. The third-order valence-corrected chi connectivity index (χ3v) is 4.92. The summed E-state index contributed by atoms with van der Waals surface area (Å²) in [7, 11) is 0. The first-order valence-electron chi connectivity index (χ1n) is 8.33. The van der Waals surface area contributed by atoms with E-state index in [1.807, 2.05) is 19.9 Å². The summed E-state index contributed by atoms with van der Waals surface area (Å²) in [5, 5.41) is 3.69. The number of aryl methyl sites for hydroxylation is 3. The highest BCUT2D eigenvalue weighted by Crippen LogP contribution is 2.25. The third-order valence-electron chi connectivity index (χ3n) is 4.50. The Kier molecular flexibility index (Phi) is 5.10. The van der Waals surface area contributed by atoms with Gasteiger partial charge in [0.25, 0.3) is 5.91 Å². The average molecular weight is 344 g/mol. The van der Waals surface area contributed by atoms with Crippen molar-refractivity contribution in [2.75, 3.05) is 6.61 Å². The van der Waals surface area contributed by atoms with Gasteiger partial charge >= 0.3 is 0 Å². The molecule has 0 heterocycles. The van der Waals surface area contributed by atoms with Crippen LogP contribution in [0.5, 0.6) is 5.75 Å². The number of carbonyl (C=O) groups excluding carboxylic acids is 1. The highest BCUT2D eigenvalue weighted by atomic mass is 35.5. The summed E-state index contributed by atoms with van der Waals surface area (Å²) in [4.78, 5) is 12.1. The minimum atomic E-state index is -0.129. The fraction of sp³-hybridized carbons (Fsp3) is 0.350. The van der Waals surface area contributed by atoms with E-state index in [2.05, 4.69) is 23.5 Å². The molecule has 0 bridgehead atoms. The minimum Gasteiger partial charge on any atom is -0.484 e. The molecule has 2 aromatic carbocycles. The summed E-state index contributed by atoms with van der Waals surface area (Å²) in [6.45, 7) is 3.91. The van der Waals surface area contributed by atoms with E-state index in [1.54, 1.807) is 12.1 Å². The third kappa shape index (κ3) is 3.90. The van der Waals surface area contributed by atoms with Gasteiger partial charge in [-0.3, -0.25) is 4.79 Å². The van der Waals surface area contributed by atoms with Gasteiger partial charge in [-0.05, 0) is 73.6 Å². The standard InChI is InChI=1S/C20H22ClNO2/c1-13-10-18(8-9-19(13)21)24-12-20(23)22-14(2)16-7-6-15-4-3-5-17(15)11-16/h6-11,14H,3-5,12H2,1-2H3,(H,22,23)/t14-/m0/s1. The normalized spacial score (nSPS) is 14.1. The molecule has 24 heavy (non-hydrogen) atoms. The number of rotatable bonds is 5. The molecule has 0 fully saturated rings. The number of fused-ring (bicyclic) bond motifs is 1. The minimum absolute atomic E-state index is 0.00362. The van der Waals surface area contributed by atoms with E-state index >= 15 is 0 Å². The van der Waals surface area contributed by atoms with Crippen molar-refractivity contribution in [3.05, 3.63) is 63.7 Å². The molecule has 3 nitrogen and oxygen atoms in total. The Hall–Kier alpha value is -2.00. The molecule has 2 aromatic rings. The lowest BCUT2D eigenvalue weighted by Crippen LogP contribution is -2.31. The molecule has 0 unspecified atom stereocenters. The Bertz CT molecular complexity index is 757. The zero-order valence-corrected chi connectivity index (χ0v) is 14.8. The fourth-order valence-corrected chi connectivity index (χ4v) is 3.20. The summed E-state index contributed by atoms with van der Waals surface area (Å²) >= 11 is 5.99. The quantitative estimate of drug-likeness (QED) is 0.874. The van der Waals surface area contributed by atoms with Crippen molar-refractivity contribution in [2.24, 2.45) is 0 Å². The number of ether oxygens (including phenoxy) is 1. The predicted molar refractivity (Wildman–Crippen MR) is 96.7 cm³/mol. The van der Waals surface area contributed by atoms with Gasteiger partial charge in [-0.2, -0.15) is 0 Å². The second-order valence-corrected chi connectivity index (χ2v) is 6.78. The molecule has 1 N–H and O–H groups in total. The lowest BCUT2D eigenvalue weighted by Gasteiger charge is -2.16. The van der Waals surface area contributed by atoms with Crippen LogP contribution in [-0.2, 0) is 17.6 Å². The van der Waals surface area contributed by atoms with Crippen molar-refractivity contribution in [1.29, 1.82) is 0 Å². The highest BCUT2D eigenvalue weighted by Gasteiger charge is 2.15. The van der Waals surface area contributed by atoms with E-state index in [4.69, 9.17) is 16.3 Å². The second-order valence-electron chi connectivity index (χ2n) is 6.37. The molecule has 3 rings (SSSR count). The first-order valence-corrected chi connectivity index (χ1v) is 8.71. The summed E-state index contributed by atoms with van der Waals surface area (Å²) in [6, 6.07) is 11.9. The van der Waals surface area contributed by atoms with E-state index in [0.717, 1.165) is 17.5 Å². The van der Waals surface area contributed by atoms with E-state index in [1.165, 1.54) is 24.0 Å². The maximum Gasteiger partial charge on any atom is 0.258 e. The van der Waals surface area contributed by atoms with Gasteiger partial charge in [0.15, 0.2) is 6.61 Å². The zero-order chi connectivity index (χ0) is 17.1. The van der Waals surface area contributed by atoms with Crippen molar-refractivity contribution < 1.29 is 9.53 Å². The van der Waals surface area contributed by atoms with Crippen LogP contribution in [0.3, 0.4) is 0 Å². The number of halogens is 1.